The highest BCUT2D eigenvalue weighted by Gasteiger charge is 2.22. The summed E-state index contributed by atoms with van der Waals surface area (Å²) in [5, 5.41) is 0. The van der Waals surface area contributed by atoms with Crippen LogP contribution < -0.4 is 0 Å². The monoisotopic (exact) mass is 246 g/mol. The first-order valence-corrected chi connectivity index (χ1v) is 4.99. The van der Waals surface area contributed by atoms with Crippen LogP contribution >= 0.6 is 0 Å². The van der Waals surface area contributed by atoms with E-state index in [1.807, 2.05) is 0 Å². The number of Topliss-reactive ketones (excluding diaryl/α,β-unsaturated/α-hetero) is 1. The van der Waals surface area contributed by atoms with Gasteiger partial charge >= 0.3 is 0 Å². The summed E-state index contributed by atoms with van der Waals surface area (Å²) in [5.74, 6) is -4.92. The van der Waals surface area contributed by atoms with Crippen molar-refractivity contribution in [3.63, 3.8) is 0 Å². The zero-order chi connectivity index (χ0) is 12.4. The van der Waals surface area contributed by atoms with Crippen LogP contribution in [0.2, 0.25) is 0 Å². The van der Waals surface area contributed by atoms with E-state index in [9.17, 15) is 18.0 Å². The molecule has 1 saturated heterocycles. The van der Waals surface area contributed by atoms with Crippen LogP contribution in [0.3, 0.4) is 0 Å². The van der Waals surface area contributed by atoms with Crippen LogP contribution in [0.25, 0.3) is 0 Å². The topological polar surface area (TPSA) is 35.5 Å². The number of ketones is 1. The van der Waals surface area contributed by atoms with Crippen LogP contribution in [-0.4, -0.2) is 25.3 Å². The van der Waals surface area contributed by atoms with Gasteiger partial charge in [-0.15, -0.1) is 0 Å². The molecule has 0 saturated carbocycles. The molecular weight excluding hydrogens is 237 g/mol. The van der Waals surface area contributed by atoms with Crippen molar-refractivity contribution in [1.29, 1.82) is 0 Å². The smallest absolute Gasteiger partial charge is 0.194 e. The maximum atomic E-state index is 12.9. The third-order valence-electron chi connectivity index (χ3n) is 2.35. The molecule has 1 aliphatic rings. The molecule has 1 aliphatic heterocycles. The molecule has 1 heterocycles. The standard InChI is InChI=1S/C11H9F3O3/c12-7-3-6(4-8(13)11(7)14)9(15)5-10-16-1-2-17-10/h3-4,10H,1-2,5H2. The maximum absolute atomic E-state index is 12.9. The van der Waals surface area contributed by atoms with Crippen molar-refractivity contribution in [2.75, 3.05) is 13.2 Å². The van der Waals surface area contributed by atoms with Gasteiger partial charge < -0.3 is 9.47 Å². The highest BCUT2D eigenvalue weighted by Crippen LogP contribution is 2.17. The molecule has 92 valence electrons. The average molecular weight is 246 g/mol. The molecule has 0 unspecified atom stereocenters. The fourth-order valence-corrected chi connectivity index (χ4v) is 1.51. The summed E-state index contributed by atoms with van der Waals surface area (Å²) in [6.45, 7) is 0.758. The minimum absolute atomic E-state index is 0.148. The van der Waals surface area contributed by atoms with E-state index in [0.717, 1.165) is 0 Å². The molecule has 0 bridgehead atoms. The van der Waals surface area contributed by atoms with Crippen molar-refractivity contribution >= 4 is 5.78 Å². The Bertz CT molecular complexity index is 419. The number of carbonyl (C=O) groups is 1. The molecule has 0 radical (unpaired) electrons. The molecule has 0 N–H and O–H groups in total. The summed E-state index contributed by atoms with van der Waals surface area (Å²) >= 11 is 0. The van der Waals surface area contributed by atoms with Gasteiger partial charge in [0.25, 0.3) is 0 Å². The Morgan fingerprint density at radius 1 is 1.18 bits per heavy atom. The highest BCUT2D eigenvalue weighted by molar-refractivity contribution is 5.96. The number of hydrogen-bond donors (Lipinski definition) is 0. The quantitative estimate of drug-likeness (QED) is 0.604. The fourth-order valence-electron chi connectivity index (χ4n) is 1.51. The van der Waals surface area contributed by atoms with Gasteiger partial charge in [0.1, 0.15) is 0 Å². The van der Waals surface area contributed by atoms with Crippen LogP contribution in [0.5, 0.6) is 0 Å². The van der Waals surface area contributed by atoms with Crippen LogP contribution in [0, 0.1) is 17.5 Å². The molecule has 6 heteroatoms. The molecule has 0 spiro atoms. The third-order valence-corrected chi connectivity index (χ3v) is 2.35. The SMILES string of the molecule is O=C(CC1OCCO1)c1cc(F)c(F)c(F)c1. The van der Waals surface area contributed by atoms with Crippen LogP contribution in [0.4, 0.5) is 13.2 Å². The molecule has 1 aromatic carbocycles. The predicted molar refractivity (Wildman–Crippen MR) is 51.0 cm³/mol. The second kappa shape index (κ2) is 4.85. The first-order chi connectivity index (χ1) is 8.08. The van der Waals surface area contributed by atoms with Gasteiger partial charge in [0.15, 0.2) is 29.5 Å². The van der Waals surface area contributed by atoms with E-state index in [4.69, 9.17) is 9.47 Å². The Morgan fingerprint density at radius 2 is 1.71 bits per heavy atom. The van der Waals surface area contributed by atoms with Crippen LogP contribution in [0.1, 0.15) is 16.8 Å². The van der Waals surface area contributed by atoms with Gasteiger partial charge in [0.2, 0.25) is 0 Å². The van der Waals surface area contributed by atoms with E-state index in [0.29, 0.717) is 25.3 Å². The van der Waals surface area contributed by atoms with Gasteiger partial charge in [-0.1, -0.05) is 0 Å². The largest absolute Gasteiger partial charge is 0.350 e. The van der Waals surface area contributed by atoms with Gasteiger partial charge in [-0.25, -0.2) is 13.2 Å². The molecule has 0 aromatic heterocycles. The van der Waals surface area contributed by atoms with Gasteiger partial charge in [-0.05, 0) is 12.1 Å². The summed E-state index contributed by atoms with van der Waals surface area (Å²) in [5.41, 5.74) is -0.236. The minimum atomic E-state index is -1.59. The van der Waals surface area contributed by atoms with E-state index in [1.165, 1.54) is 0 Å². The molecule has 0 atom stereocenters. The second-order valence-electron chi connectivity index (χ2n) is 3.55. The molecule has 2 rings (SSSR count). The number of ether oxygens (including phenoxy) is 2. The van der Waals surface area contributed by atoms with Crippen molar-refractivity contribution in [3.05, 3.63) is 35.1 Å². The second-order valence-corrected chi connectivity index (χ2v) is 3.55. The first-order valence-electron chi connectivity index (χ1n) is 4.99. The number of halogens is 3. The summed E-state index contributed by atoms with van der Waals surface area (Å²) in [6.07, 6.45) is -0.844. The lowest BCUT2D eigenvalue weighted by Gasteiger charge is -2.08. The molecule has 0 aliphatic carbocycles. The molecule has 1 aromatic rings. The van der Waals surface area contributed by atoms with Gasteiger partial charge in [0.05, 0.1) is 19.6 Å². The van der Waals surface area contributed by atoms with Crippen molar-refractivity contribution in [2.45, 2.75) is 12.7 Å². The van der Waals surface area contributed by atoms with E-state index in [2.05, 4.69) is 0 Å². The minimum Gasteiger partial charge on any atom is -0.350 e. The summed E-state index contributed by atoms with van der Waals surface area (Å²) < 4.78 is 48.5. The summed E-state index contributed by atoms with van der Waals surface area (Å²) in [6, 6.07) is 1.32. The van der Waals surface area contributed by atoms with Gasteiger partial charge in [0, 0.05) is 5.56 Å². The third kappa shape index (κ3) is 2.65. The zero-order valence-electron chi connectivity index (χ0n) is 8.71. The Kier molecular flexibility index (Phi) is 3.44. The Balaban J connectivity index is 2.13. The van der Waals surface area contributed by atoms with E-state index >= 15 is 0 Å². The van der Waals surface area contributed by atoms with Gasteiger partial charge in [-0.3, -0.25) is 4.79 Å². The summed E-state index contributed by atoms with van der Waals surface area (Å²) in [4.78, 5) is 11.6. The Hall–Kier alpha value is -1.40. The zero-order valence-corrected chi connectivity index (χ0v) is 8.71. The highest BCUT2D eigenvalue weighted by atomic mass is 19.2. The molecule has 0 amide bonds. The average Bonchev–Trinajstić information content (AvgIpc) is 2.77. The lowest BCUT2D eigenvalue weighted by Crippen LogP contribution is -2.15. The van der Waals surface area contributed by atoms with Crippen molar-refractivity contribution in [2.24, 2.45) is 0 Å². The molecular formula is C11H9F3O3. The van der Waals surface area contributed by atoms with E-state index in [1.54, 1.807) is 0 Å². The molecule has 17 heavy (non-hydrogen) atoms. The number of benzene rings is 1. The maximum Gasteiger partial charge on any atom is 0.194 e. The van der Waals surface area contributed by atoms with E-state index in [-0.39, 0.29) is 12.0 Å². The van der Waals surface area contributed by atoms with Crippen molar-refractivity contribution in [3.8, 4) is 0 Å². The number of hydrogen-bond acceptors (Lipinski definition) is 3. The predicted octanol–water partition coefficient (Wildman–Crippen LogP) is 2.05. The van der Waals surface area contributed by atoms with Gasteiger partial charge in [-0.2, -0.15) is 0 Å². The molecule has 3 nitrogen and oxygen atoms in total. The normalized spacial score (nSPS) is 16.4. The lowest BCUT2D eigenvalue weighted by atomic mass is 10.1. The van der Waals surface area contributed by atoms with Crippen LogP contribution in [0.15, 0.2) is 12.1 Å². The lowest BCUT2D eigenvalue weighted by molar-refractivity contribution is -0.0407. The number of rotatable bonds is 3. The van der Waals surface area contributed by atoms with E-state index < -0.39 is 29.5 Å². The van der Waals surface area contributed by atoms with Crippen molar-refractivity contribution < 1.29 is 27.4 Å². The Labute approximate surface area is 95.1 Å². The fraction of sp³-hybridized carbons (Fsp3) is 0.364. The Morgan fingerprint density at radius 3 is 2.24 bits per heavy atom. The molecule has 1 fully saturated rings. The first kappa shape index (κ1) is 12.1. The number of carbonyl (C=O) groups excluding carboxylic acids is 1. The van der Waals surface area contributed by atoms with Crippen LogP contribution in [-0.2, 0) is 9.47 Å². The van der Waals surface area contributed by atoms with Crippen molar-refractivity contribution in [1.82, 2.24) is 0 Å². The summed E-state index contributed by atoms with van der Waals surface area (Å²) in [7, 11) is 0.